The zero-order chi connectivity index (χ0) is 29.0. The molecule has 1 aliphatic carbocycles. The van der Waals surface area contributed by atoms with E-state index in [4.69, 9.17) is 4.99 Å². The first kappa shape index (κ1) is 24.9. The third kappa shape index (κ3) is 3.88. The highest BCUT2D eigenvalue weighted by Gasteiger charge is 2.25. The second kappa shape index (κ2) is 9.99. The largest absolute Gasteiger partial charge is 0.346 e. The lowest BCUT2D eigenvalue weighted by Gasteiger charge is -2.29. The fourth-order valence-corrected chi connectivity index (χ4v) is 7.04. The number of aliphatic imine (C=N–C) groups is 1. The lowest BCUT2D eigenvalue weighted by Crippen LogP contribution is -2.30. The molecule has 4 heteroatoms. The second-order valence-electron chi connectivity index (χ2n) is 11.6. The van der Waals surface area contributed by atoms with E-state index in [0.717, 1.165) is 40.1 Å². The Balaban J connectivity index is 1.28. The molecule has 0 radical (unpaired) electrons. The van der Waals surface area contributed by atoms with Crippen molar-refractivity contribution in [2.24, 2.45) is 10.9 Å². The van der Waals surface area contributed by atoms with Crippen LogP contribution < -0.4 is 5.32 Å². The minimum Gasteiger partial charge on any atom is -0.346 e. The molecule has 0 spiro atoms. The molecule has 1 aliphatic heterocycles. The van der Waals surface area contributed by atoms with Gasteiger partial charge >= 0.3 is 0 Å². The Kier molecular flexibility index (Phi) is 5.66. The summed E-state index contributed by atoms with van der Waals surface area (Å²) in [4.78, 5) is 5.42. The molecule has 0 amide bonds. The topological polar surface area (TPSA) is 34.2 Å². The second-order valence-corrected chi connectivity index (χ2v) is 11.6. The first-order valence-electron chi connectivity index (χ1n) is 15.3. The normalized spacial score (nSPS) is 18.2. The van der Waals surface area contributed by atoms with E-state index in [1.54, 1.807) is 0 Å². The molecule has 1 N–H and O–H groups in total. The van der Waals surface area contributed by atoms with Gasteiger partial charge in [0, 0.05) is 44.6 Å². The lowest BCUT2D eigenvalue weighted by molar-refractivity contribution is 0.504. The monoisotopic (exact) mass is 566 g/mol. The van der Waals surface area contributed by atoms with Crippen molar-refractivity contribution in [3.63, 3.8) is 0 Å². The summed E-state index contributed by atoms with van der Waals surface area (Å²) in [5, 5.41) is 8.80. The van der Waals surface area contributed by atoms with Gasteiger partial charge in [-0.05, 0) is 48.4 Å². The average Bonchev–Trinajstić information content (AvgIpc) is 3.61. The third-order valence-electron chi connectivity index (χ3n) is 9.07. The molecule has 3 heterocycles. The van der Waals surface area contributed by atoms with Gasteiger partial charge in [0.2, 0.25) is 6.29 Å². The van der Waals surface area contributed by atoms with Gasteiger partial charge in [-0.15, -0.1) is 0 Å². The predicted octanol–water partition coefficient (Wildman–Crippen LogP) is 9.57. The molecule has 2 aromatic heterocycles. The van der Waals surface area contributed by atoms with Crippen molar-refractivity contribution in [2.75, 3.05) is 0 Å². The molecule has 2 unspecified atom stereocenters. The van der Waals surface area contributed by atoms with E-state index >= 15 is 0 Å². The number of nitrogens with one attached hydrogen (secondary N) is 1. The fraction of sp³-hybridized carbons (Fsp3) is 0.0750. The number of benzene rings is 5. The highest BCUT2D eigenvalue weighted by molar-refractivity contribution is 6.11. The summed E-state index contributed by atoms with van der Waals surface area (Å²) in [5.74, 6) is 0.240. The van der Waals surface area contributed by atoms with Crippen LogP contribution >= 0.6 is 0 Å². The van der Waals surface area contributed by atoms with Gasteiger partial charge in [-0.1, -0.05) is 115 Å². The molecule has 2 atom stereocenters. The van der Waals surface area contributed by atoms with Gasteiger partial charge in [-0.3, -0.25) is 0 Å². The van der Waals surface area contributed by atoms with Gasteiger partial charge < -0.3 is 14.5 Å². The van der Waals surface area contributed by atoms with Gasteiger partial charge in [0.15, 0.2) is 0 Å². The van der Waals surface area contributed by atoms with Gasteiger partial charge in [0.05, 0.1) is 22.1 Å². The first-order valence-corrected chi connectivity index (χ1v) is 15.3. The highest BCUT2D eigenvalue weighted by Crippen LogP contribution is 2.38. The predicted molar refractivity (Wildman–Crippen MR) is 184 cm³/mol. The van der Waals surface area contributed by atoms with Crippen LogP contribution in [0.25, 0.3) is 55.0 Å². The number of nitrogens with zero attached hydrogens (tertiary/aromatic N) is 3. The van der Waals surface area contributed by atoms with Crippen molar-refractivity contribution in [2.45, 2.75) is 12.7 Å². The Bertz CT molecular complexity index is 2290. The van der Waals surface area contributed by atoms with Crippen LogP contribution in [0.15, 0.2) is 157 Å². The SMILES string of the molecule is C1=CCC(C2=NC(n3c4ccccc4c4ccc(-n5c6ccccc6c6ccccc65)cc43)NC(c3ccccc3)=C2)C=C1. The average molecular weight is 567 g/mol. The van der Waals surface area contributed by atoms with Crippen LogP contribution in [-0.2, 0) is 0 Å². The molecular weight excluding hydrogens is 536 g/mol. The Labute approximate surface area is 255 Å². The van der Waals surface area contributed by atoms with Crippen molar-refractivity contribution in [3.8, 4) is 5.69 Å². The van der Waals surface area contributed by atoms with Crippen molar-refractivity contribution in [1.29, 1.82) is 0 Å². The van der Waals surface area contributed by atoms with E-state index in [1.165, 1.54) is 32.6 Å². The number of hydrogen-bond donors (Lipinski definition) is 1. The summed E-state index contributed by atoms with van der Waals surface area (Å²) in [6.45, 7) is 0. The van der Waals surface area contributed by atoms with Crippen molar-refractivity contribution in [1.82, 2.24) is 14.5 Å². The van der Waals surface area contributed by atoms with Crippen molar-refractivity contribution >= 4 is 55.0 Å². The minimum atomic E-state index is -0.305. The molecule has 5 aromatic carbocycles. The zero-order valence-corrected chi connectivity index (χ0v) is 24.1. The zero-order valence-electron chi connectivity index (χ0n) is 24.1. The summed E-state index contributed by atoms with van der Waals surface area (Å²) >= 11 is 0. The molecule has 0 fully saturated rings. The van der Waals surface area contributed by atoms with Crippen LogP contribution in [0.3, 0.4) is 0 Å². The molecule has 7 aromatic rings. The molecule has 9 rings (SSSR count). The Hall–Kier alpha value is -5.61. The molecule has 0 saturated carbocycles. The van der Waals surface area contributed by atoms with Crippen LogP contribution in [0.2, 0.25) is 0 Å². The fourth-order valence-electron chi connectivity index (χ4n) is 7.04. The maximum atomic E-state index is 5.42. The Morgan fingerprint density at radius 1 is 0.614 bits per heavy atom. The standard InChI is InChI=1S/C40H30N4/c1-3-13-27(14-4-1)34-26-35(28-15-5-2-6-16-28)42-40(41-34)44-38-22-12-9-19-32(38)33-24-23-29(25-39(33)44)43-36-20-10-7-17-30(36)31-18-8-11-21-37(31)43/h1-15,17-26,28,40-41H,16H2. The summed E-state index contributed by atoms with van der Waals surface area (Å²) in [5.41, 5.74) is 9.21. The summed E-state index contributed by atoms with van der Waals surface area (Å²) in [6.07, 6.45) is 11.7. The molecule has 44 heavy (non-hydrogen) atoms. The van der Waals surface area contributed by atoms with Crippen molar-refractivity contribution in [3.05, 3.63) is 157 Å². The van der Waals surface area contributed by atoms with Crippen LogP contribution in [0.1, 0.15) is 18.3 Å². The van der Waals surface area contributed by atoms with E-state index in [0.29, 0.717) is 0 Å². The minimum absolute atomic E-state index is 0.240. The van der Waals surface area contributed by atoms with Crippen LogP contribution in [0.5, 0.6) is 0 Å². The van der Waals surface area contributed by atoms with E-state index in [2.05, 4.69) is 166 Å². The Morgan fingerprint density at radius 3 is 1.95 bits per heavy atom. The highest BCUT2D eigenvalue weighted by atomic mass is 15.3. The first-order chi connectivity index (χ1) is 21.8. The summed E-state index contributed by atoms with van der Waals surface area (Å²) < 4.78 is 4.78. The number of hydrogen-bond acceptors (Lipinski definition) is 2. The number of rotatable bonds is 4. The smallest absolute Gasteiger partial charge is 0.201 e. The molecule has 2 aliphatic rings. The van der Waals surface area contributed by atoms with E-state index in [1.807, 2.05) is 0 Å². The third-order valence-corrected chi connectivity index (χ3v) is 9.07. The van der Waals surface area contributed by atoms with Gasteiger partial charge in [-0.25, -0.2) is 4.99 Å². The van der Waals surface area contributed by atoms with Gasteiger partial charge in [0.1, 0.15) is 0 Å². The summed E-state index contributed by atoms with van der Waals surface area (Å²) in [6, 6.07) is 43.6. The number of fused-ring (bicyclic) bond motifs is 6. The van der Waals surface area contributed by atoms with Crippen LogP contribution in [0, 0.1) is 5.92 Å². The maximum absolute atomic E-state index is 5.42. The van der Waals surface area contributed by atoms with Crippen molar-refractivity contribution < 1.29 is 0 Å². The van der Waals surface area contributed by atoms with E-state index in [9.17, 15) is 0 Å². The maximum Gasteiger partial charge on any atom is 0.201 e. The molecule has 0 saturated heterocycles. The van der Waals surface area contributed by atoms with Crippen LogP contribution in [-0.4, -0.2) is 14.8 Å². The van der Waals surface area contributed by atoms with E-state index < -0.39 is 0 Å². The van der Waals surface area contributed by atoms with E-state index in [-0.39, 0.29) is 12.2 Å². The molecule has 0 bridgehead atoms. The molecule has 4 nitrogen and oxygen atoms in total. The number of para-hydroxylation sites is 3. The number of allylic oxidation sites excluding steroid dienone is 5. The lowest BCUT2D eigenvalue weighted by atomic mass is 9.93. The molecule has 210 valence electrons. The molecular formula is C40H30N4. The number of aromatic nitrogens is 2. The van der Waals surface area contributed by atoms with Gasteiger partial charge in [0.25, 0.3) is 0 Å². The quantitative estimate of drug-likeness (QED) is 0.226. The Morgan fingerprint density at radius 2 is 1.25 bits per heavy atom. The van der Waals surface area contributed by atoms with Crippen LogP contribution in [0.4, 0.5) is 0 Å². The summed E-state index contributed by atoms with van der Waals surface area (Å²) in [7, 11) is 0. The van der Waals surface area contributed by atoms with Gasteiger partial charge in [-0.2, -0.15) is 0 Å².